The Morgan fingerprint density at radius 3 is 2.79 bits per heavy atom. The van der Waals surface area contributed by atoms with E-state index < -0.39 is 6.10 Å². The van der Waals surface area contributed by atoms with Crippen molar-refractivity contribution in [3.8, 4) is 0 Å². The van der Waals surface area contributed by atoms with E-state index in [1.807, 2.05) is 18.2 Å². The lowest BCUT2D eigenvalue weighted by Gasteiger charge is -2.26. The highest BCUT2D eigenvalue weighted by Crippen LogP contribution is 2.28. The van der Waals surface area contributed by atoms with Crippen LogP contribution in [-0.2, 0) is 0 Å². The zero-order valence-corrected chi connectivity index (χ0v) is 12.2. The van der Waals surface area contributed by atoms with Crippen LogP contribution in [-0.4, -0.2) is 28.0 Å². The third kappa shape index (κ3) is 5.13. The second-order valence-corrected chi connectivity index (χ2v) is 6.49. The van der Waals surface area contributed by atoms with Gasteiger partial charge < -0.3 is 10.8 Å². The summed E-state index contributed by atoms with van der Waals surface area (Å²) >= 11 is 1.58. The molecule has 1 aromatic heterocycles. The van der Waals surface area contributed by atoms with Gasteiger partial charge in [0.2, 0.25) is 0 Å². The van der Waals surface area contributed by atoms with Crippen LogP contribution in [0, 0.1) is 5.92 Å². The van der Waals surface area contributed by atoms with Crippen molar-refractivity contribution >= 4 is 11.8 Å². The van der Waals surface area contributed by atoms with Crippen molar-refractivity contribution in [2.45, 2.75) is 55.7 Å². The molecule has 0 aliphatic heterocycles. The van der Waals surface area contributed by atoms with Gasteiger partial charge in [-0.15, -0.1) is 11.8 Å². The maximum atomic E-state index is 10.1. The minimum atomic E-state index is -0.436. The summed E-state index contributed by atoms with van der Waals surface area (Å²) in [5, 5.41) is 11.1. The fraction of sp³-hybridized carbons (Fsp3) is 0.667. The normalized spacial score (nSPS) is 20.1. The largest absolute Gasteiger partial charge is 0.391 e. The summed E-state index contributed by atoms with van der Waals surface area (Å²) in [5.41, 5.74) is 6.13. The predicted octanol–water partition coefficient (Wildman–Crippen LogP) is 2.83. The van der Waals surface area contributed by atoms with Gasteiger partial charge in [-0.2, -0.15) is 0 Å². The molecule has 0 spiro atoms. The Hall–Kier alpha value is -0.580. The van der Waals surface area contributed by atoms with Crippen LogP contribution in [0.1, 0.15) is 38.5 Å². The maximum absolute atomic E-state index is 10.1. The van der Waals surface area contributed by atoms with Gasteiger partial charge in [0.05, 0.1) is 11.1 Å². The molecule has 2 rings (SSSR count). The first-order valence-electron chi connectivity index (χ1n) is 7.23. The molecule has 0 amide bonds. The molecule has 19 heavy (non-hydrogen) atoms. The molecule has 1 fully saturated rings. The summed E-state index contributed by atoms with van der Waals surface area (Å²) in [6.07, 6.45) is 8.90. The van der Waals surface area contributed by atoms with Crippen LogP contribution in [0.4, 0.5) is 0 Å². The SMILES string of the molecule is N[C@@H](CC1CCCCC1)[C@@H](O)CSc1ccccn1. The molecule has 0 aromatic carbocycles. The number of aliphatic hydroxyl groups excluding tert-OH is 1. The van der Waals surface area contributed by atoms with Gasteiger partial charge in [-0.3, -0.25) is 0 Å². The molecule has 1 aliphatic rings. The number of thioether (sulfide) groups is 1. The lowest BCUT2D eigenvalue weighted by molar-refractivity contribution is 0.147. The number of nitrogens with zero attached hydrogens (tertiary/aromatic N) is 1. The van der Waals surface area contributed by atoms with Crippen LogP contribution >= 0.6 is 11.8 Å². The van der Waals surface area contributed by atoms with Crippen molar-refractivity contribution in [3.05, 3.63) is 24.4 Å². The molecular weight excluding hydrogens is 256 g/mol. The van der Waals surface area contributed by atoms with Crippen molar-refractivity contribution in [1.29, 1.82) is 0 Å². The van der Waals surface area contributed by atoms with E-state index in [9.17, 15) is 5.11 Å². The van der Waals surface area contributed by atoms with Gasteiger partial charge in [0.15, 0.2) is 0 Å². The molecule has 0 radical (unpaired) electrons. The molecule has 0 bridgehead atoms. The Balaban J connectivity index is 1.71. The van der Waals surface area contributed by atoms with Crippen LogP contribution < -0.4 is 5.73 Å². The smallest absolute Gasteiger partial charge is 0.0960 e. The monoisotopic (exact) mass is 280 g/mol. The average molecular weight is 280 g/mol. The highest BCUT2D eigenvalue weighted by Gasteiger charge is 2.21. The van der Waals surface area contributed by atoms with E-state index in [4.69, 9.17) is 5.73 Å². The first-order valence-corrected chi connectivity index (χ1v) is 8.21. The van der Waals surface area contributed by atoms with E-state index in [1.165, 1.54) is 32.1 Å². The van der Waals surface area contributed by atoms with Crippen molar-refractivity contribution in [2.75, 3.05) is 5.75 Å². The van der Waals surface area contributed by atoms with E-state index in [0.717, 1.165) is 17.4 Å². The zero-order chi connectivity index (χ0) is 13.5. The summed E-state index contributed by atoms with van der Waals surface area (Å²) in [6, 6.07) is 5.72. The van der Waals surface area contributed by atoms with E-state index >= 15 is 0 Å². The summed E-state index contributed by atoms with van der Waals surface area (Å²) in [6.45, 7) is 0. The number of pyridine rings is 1. The standard InChI is InChI=1S/C15H24N2OS/c16-13(10-12-6-2-1-3-7-12)14(18)11-19-15-8-4-5-9-17-15/h4-5,8-9,12-14,18H,1-3,6-7,10-11,16H2/t13-,14-/m0/s1. The molecular formula is C15H24N2OS. The number of nitrogens with two attached hydrogens (primary N) is 1. The molecule has 3 nitrogen and oxygen atoms in total. The molecule has 1 saturated carbocycles. The highest BCUT2D eigenvalue weighted by atomic mass is 32.2. The van der Waals surface area contributed by atoms with Crippen LogP contribution in [0.2, 0.25) is 0 Å². The topological polar surface area (TPSA) is 59.1 Å². The minimum absolute atomic E-state index is 0.0979. The quantitative estimate of drug-likeness (QED) is 0.787. The molecule has 0 unspecified atom stereocenters. The average Bonchev–Trinajstić information content (AvgIpc) is 2.47. The Kier molecular flexibility index (Phi) is 6.14. The summed E-state index contributed by atoms with van der Waals surface area (Å²) in [4.78, 5) is 4.24. The second-order valence-electron chi connectivity index (χ2n) is 5.45. The molecule has 2 atom stereocenters. The number of rotatable bonds is 6. The minimum Gasteiger partial charge on any atom is -0.391 e. The molecule has 1 heterocycles. The predicted molar refractivity (Wildman–Crippen MR) is 80.1 cm³/mol. The Morgan fingerprint density at radius 1 is 1.32 bits per heavy atom. The molecule has 3 N–H and O–H groups in total. The van der Waals surface area contributed by atoms with Crippen molar-refractivity contribution < 1.29 is 5.11 Å². The van der Waals surface area contributed by atoms with Gasteiger partial charge in [-0.1, -0.05) is 38.2 Å². The maximum Gasteiger partial charge on any atom is 0.0960 e. The number of hydrogen-bond donors (Lipinski definition) is 2. The molecule has 0 saturated heterocycles. The fourth-order valence-corrected chi connectivity index (χ4v) is 3.59. The van der Waals surface area contributed by atoms with Gasteiger partial charge in [0.1, 0.15) is 0 Å². The van der Waals surface area contributed by atoms with E-state index in [1.54, 1.807) is 18.0 Å². The highest BCUT2D eigenvalue weighted by molar-refractivity contribution is 7.99. The van der Waals surface area contributed by atoms with Crippen LogP contribution in [0.3, 0.4) is 0 Å². The van der Waals surface area contributed by atoms with Gasteiger partial charge in [-0.05, 0) is 24.5 Å². The first kappa shape index (κ1) is 14.8. The Labute approximate surface area is 120 Å². The zero-order valence-electron chi connectivity index (χ0n) is 11.4. The van der Waals surface area contributed by atoms with E-state index in [0.29, 0.717) is 5.75 Å². The number of hydrogen-bond acceptors (Lipinski definition) is 4. The van der Waals surface area contributed by atoms with Crippen molar-refractivity contribution in [2.24, 2.45) is 11.7 Å². The van der Waals surface area contributed by atoms with Gasteiger partial charge in [0, 0.05) is 18.0 Å². The van der Waals surface area contributed by atoms with Crippen LogP contribution in [0.25, 0.3) is 0 Å². The summed E-state index contributed by atoms with van der Waals surface area (Å²) in [5.74, 6) is 1.35. The number of aromatic nitrogens is 1. The summed E-state index contributed by atoms with van der Waals surface area (Å²) < 4.78 is 0. The van der Waals surface area contributed by atoms with E-state index in [2.05, 4.69) is 4.98 Å². The van der Waals surface area contributed by atoms with Crippen LogP contribution in [0.15, 0.2) is 29.4 Å². The number of aliphatic hydroxyl groups is 1. The second kappa shape index (κ2) is 7.88. The molecule has 4 heteroatoms. The lowest BCUT2D eigenvalue weighted by Crippen LogP contribution is -2.38. The third-order valence-corrected chi connectivity index (χ3v) is 4.91. The Bertz CT molecular complexity index is 354. The van der Waals surface area contributed by atoms with Crippen LogP contribution in [0.5, 0.6) is 0 Å². The van der Waals surface area contributed by atoms with Gasteiger partial charge in [0.25, 0.3) is 0 Å². The van der Waals surface area contributed by atoms with Crippen molar-refractivity contribution in [3.63, 3.8) is 0 Å². The van der Waals surface area contributed by atoms with Gasteiger partial charge >= 0.3 is 0 Å². The van der Waals surface area contributed by atoms with E-state index in [-0.39, 0.29) is 6.04 Å². The summed E-state index contributed by atoms with van der Waals surface area (Å²) in [7, 11) is 0. The lowest BCUT2D eigenvalue weighted by atomic mass is 9.84. The van der Waals surface area contributed by atoms with Gasteiger partial charge in [-0.25, -0.2) is 4.98 Å². The van der Waals surface area contributed by atoms with Crippen molar-refractivity contribution in [1.82, 2.24) is 4.98 Å². The molecule has 1 aromatic rings. The molecule has 106 valence electrons. The molecule has 1 aliphatic carbocycles. The third-order valence-electron chi connectivity index (χ3n) is 3.86. The Morgan fingerprint density at radius 2 is 2.11 bits per heavy atom. The first-order chi connectivity index (χ1) is 9.25. The fourth-order valence-electron chi connectivity index (χ4n) is 2.69.